The zero-order valence-corrected chi connectivity index (χ0v) is 17.1. The maximum atomic E-state index is 12.3. The Morgan fingerprint density at radius 2 is 2.00 bits per heavy atom. The first-order chi connectivity index (χ1) is 14.4. The first kappa shape index (κ1) is 19.9. The van der Waals surface area contributed by atoms with Crippen LogP contribution in [0.1, 0.15) is 54.2 Å². The Hall–Kier alpha value is -3.41. The monoisotopic (exact) mass is 403 g/mol. The van der Waals surface area contributed by atoms with E-state index in [-0.39, 0.29) is 17.2 Å². The minimum absolute atomic E-state index is 0.0605. The van der Waals surface area contributed by atoms with Crippen LogP contribution in [-0.4, -0.2) is 26.8 Å². The Morgan fingerprint density at radius 1 is 1.23 bits per heavy atom. The maximum Gasteiger partial charge on any atom is 0.337 e. The van der Waals surface area contributed by atoms with Crippen LogP contribution < -0.4 is 5.32 Å². The van der Waals surface area contributed by atoms with Gasteiger partial charge in [0.2, 0.25) is 5.91 Å². The van der Waals surface area contributed by atoms with Crippen LogP contribution >= 0.6 is 0 Å². The average Bonchev–Trinajstić information content (AvgIpc) is 3.46. The summed E-state index contributed by atoms with van der Waals surface area (Å²) in [5, 5.41) is 17.8. The van der Waals surface area contributed by atoms with Gasteiger partial charge in [-0.3, -0.25) is 9.48 Å². The smallest absolute Gasteiger partial charge is 0.337 e. The van der Waals surface area contributed by atoms with Crippen molar-refractivity contribution in [2.24, 2.45) is 5.92 Å². The number of hydrogen-bond acceptors (Lipinski definition) is 3. The summed E-state index contributed by atoms with van der Waals surface area (Å²) in [5.74, 6) is -0.407. The van der Waals surface area contributed by atoms with Crippen LogP contribution in [0.2, 0.25) is 0 Å². The molecule has 30 heavy (non-hydrogen) atoms. The molecule has 1 fully saturated rings. The van der Waals surface area contributed by atoms with Crippen LogP contribution in [-0.2, 0) is 11.3 Å². The van der Waals surface area contributed by atoms with E-state index in [1.54, 1.807) is 24.3 Å². The molecule has 0 unspecified atom stereocenters. The van der Waals surface area contributed by atoms with E-state index in [1.165, 1.54) is 25.0 Å². The zero-order valence-electron chi connectivity index (χ0n) is 17.1. The number of benzene rings is 2. The first-order valence-electron chi connectivity index (χ1n) is 10.2. The molecule has 154 valence electrons. The molecule has 0 atom stereocenters. The van der Waals surface area contributed by atoms with Gasteiger partial charge in [0.15, 0.2) is 0 Å². The number of carboxylic acids is 1. The van der Waals surface area contributed by atoms with E-state index in [2.05, 4.69) is 36.0 Å². The number of nitrogens with one attached hydrogen (secondary N) is 1. The number of carboxylic acid groups (broad SMARTS) is 1. The molecule has 0 radical (unpaired) electrons. The summed E-state index contributed by atoms with van der Waals surface area (Å²) in [7, 11) is 0. The van der Waals surface area contributed by atoms with Gasteiger partial charge in [-0.05, 0) is 60.6 Å². The lowest BCUT2D eigenvalue weighted by molar-refractivity contribution is -0.111. The molecule has 2 N–H and O–H groups in total. The van der Waals surface area contributed by atoms with E-state index >= 15 is 0 Å². The molecule has 6 nitrogen and oxygen atoms in total. The quantitative estimate of drug-likeness (QED) is 0.549. The molecule has 6 heteroatoms. The highest BCUT2D eigenvalue weighted by Crippen LogP contribution is 2.33. The second-order valence-electron chi connectivity index (χ2n) is 8.12. The summed E-state index contributed by atoms with van der Waals surface area (Å²) in [6.45, 7) is 5.24. The van der Waals surface area contributed by atoms with Crippen molar-refractivity contribution < 1.29 is 14.7 Å². The number of aromatic carboxylic acids is 1. The highest BCUT2D eigenvalue weighted by Gasteiger charge is 2.24. The van der Waals surface area contributed by atoms with E-state index in [0.717, 1.165) is 34.6 Å². The van der Waals surface area contributed by atoms with Gasteiger partial charge < -0.3 is 10.4 Å². The van der Waals surface area contributed by atoms with Crippen LogP contribution in [0.25, 0.3) is 17.0 Å². The van der Waals surface area contributed by atoms with Crippen LogP contribution in [0.15, 0.2) is 48.5 Å². The summed E-state index contributed by atoms with van der Waals surface area (Å²) in [6, 6.07) is 12.5. The van der Waals surface area contributed by atoms with Gasteiger partial charge >= 0.3 is 5.97 Å². The van der Waals surface area contributed by atoms with Crippen molar-refractivity contribution in [3.8, 4) is 0 Å². The van der Waals surface area contributed by atoms with Crippen LogP contribution in [0.3, 0.4) is 0 Å². The molecular formula is C24H25N3O3. The maximum absolute atomic E-state index is 12.3. The van der Waals surface area contributed by atoms with Gasteiger partial charge in [0.25, 0.3) is 0 Å². The van der Waals surface area contributed by atoms with Gasteiger partial charge in [0, 0.05) is 18.0 Å². The number of fused-ring (bicyclic) bond motifs is 1. The number of carbonyl (C=O) groups is 2. The predicted octanol–water partition coefficient (Wildman–Crippen LogP) is 4.92. The molecule has 1 aromatic heterocycles. The number of rotatable bonds is 7. The van der Waals surface area contributed by atoms with Crippen molar-refractivity contribution >= 4 is 34.5 Å². The third kappa shape index (κ3) is 4.27. The largest absolute Gasteiger partial charge is 0.478 e. The topological polar surface area (TPSA) is 84.2 Å². The van der Waals surface area contributed by atoms with Gasteiger partial charge in [0.05, 0.1) is 22.5 Å². The van der Waals surface area contributed by atoms with Crippen molar-refractivity contribution in [2.45, 2.75) is 39.2 Å². The van der Waals surface area contributed by atoms with Gasteiger partial charge in [-0.25, -0.2) is 4.79 Å². The highest BCUT2D eigenvalue weighted by atomic mass is 16.4. The fourth-order valence-electron chi connectivity index (χ4n) is 3.56. The fraction of sp³-hybridized carbons (Fsp3) is 0.292. The summed E-state index contributed by atoms with van der Waals surface area (Å²) in [6.07, 6.45) is 5.71. The second-order valence-corrected chi connectivity index (χ2v) is 8.12. The predicted molar refractivity (Wildman–Crippen MR) is 118 cm³/mol. The van der Waals surface area contributed by atoms with Crippen molar-refractivity contribution in [3.63, 3.8) is 0 Å². The number of nitrogens with zero attached hydrogens (tertiary/aromatic N) is 2. The summed E-state index contributed by atoms with van der Waals surface area (Å²) < 4.78 is 2.12. The Labute approximate surface area is 175 Å². The number of aromatic nitrogens is 2. The Bertz CT molecular complexity index is 1140. The van der Waals surface area contributed by atoms with Crippen molar-refractivity contribution in [3.05, 3.63) is 65.4 Å². The number of amides is 1. The lowest BCUT2D eigenvalue weighted by Gasteiger charge is -2.06. The third-order valence-electron chi connectivity index (χ3n) is 5.32. The summed E-state index contributed by atoms with van der Waals surface area (Å²) in [4.78, 5) is 23.6. The number of para-hydroxylation sites is 1. The van der Waals surface area contributed by atoms with Crippen LogP contribution in [0.5, 0.6) is 0 Å². The molecule has 0 saturated heterocycles. The molecule has 1 heterocycles. The molecule has 0 bridgehead atoms. The minimum atomic E-state index is -1.08. The van der Waals surface area contributed by atoms with Gasteiger partial charge in [0.1, 0.15) is 0 Å². The van der Waals surface area contributed by atoms with E-state index in [1.807, 2.05) is 6.07 Å². The average molecular weight is 403 g/mol. The SMILES string of the molecule is CC(C)c1nn(CC2CC2)c2ccc(/C=C/C(=O)Nc3ccccc3C(=O)O)cc12. The molecule has 1 aliphatic carbocycles. The normalized spacial score (nSPS) is 14.0. The standard InChI is InChI=1S/C24H25N3O3/c1-15(2)23-19-13-16(9-11-21(19)27(26-23)14-17-7-8-17)10-12-22(28)25-20-6-4-3-5-18(20)24(29)30/h3-6,9-13,15,17H,7-8,14H2,1-2H3,(H,25,28)(H,29,30)/b12-10+. The molecule has 1 saturated carbocycles. The third-order valence-corrected chi connectivity index (χ3v) is 5.32. The van der Waals surface area contributed by atoms with Crippen molar-refractivity contribution in [2.75, 3.05) is 5.32 Å². The van der Waals surface area contributed by atoms with Crippen LogP contribution in [0.4, 0.5) is 5.69 Å². The van der Waals surface area contributed by atoms with Crippen molar-refractivity contribution in [1.82, 2.24) is 9.78 Å². The van der Waals surface area contributed by atoms with E-state index in [4.69, 9.17) is 5.10 Å². The Balaban J connectivity index is 1.56. The Kier molecular flexibility index (Phi) is 5.40. The lowest BCUT2D eigenvalue weighted by atomic mass is 10.0. The van der Waals surface area contributed by atoms with E-state index < -0.39 is 5.97 Å². The molecule has 3 aromatic rings. The summed E-state index contributed by atoms with van der Waals surface area (Å²) in [5.41, 5.74) is 3.43. The van der Waals surface area contributed by atoms with Gasteiger partial charge in [-0.15, -0.1) is 0 Å². The van der Waals surface area contributed by atoms with E-state index in [9.17, 15) is 14.7 Å². The fourth-order valence-corrected chi connectivity index (χ4v) is 3.56. The molecule has 2 aromatic carbocycles. The second kappa shape index (κ2) is 8.14. The van der Waals surface area contributed by atoms with Gasteiger partial charge in [-0.1, -0.05) is 32.0 Å². The molecule has 1 aliphatic rings. The molecule has 4 rings (SSSR count). The number of hydrogen-bond donors (Lipinski definition) is 2. The van der Waals surface area contributed by atoms with Crippen LogP contribution in [0, 0.1) is 5.92 Å². The molecular weight excluding hydrogens is 378 g/mol. The lowest BCUT2D eigenvalue weighted by Crippen LogP contribution is -2.11. The molecule has 1 amide bonds. The molecule has 0 aliphatic heterocycles. The zero-order chi connectivity index (χ0) is 21.3. The first-order valence-corrected chi connectivity index (χ1v) is 10.2. The summed E-state index contributed by atoms with van der Waals surface area (Å²) >= 11 is 0. The minimum Gasteiger partial charge on any atom is -0.478 e. The molecule has 0 spiro atoms. The van der Waals surface area contributed by atoms with Crippen molar-refractivity contribution in [1.29, 1.82) is 0 Å². The highest BCUT2D eigenvalue weighted by molar-refractivity contribution is 6.06. The van der Waals surface area contributed by atoms with Gasteiger partial charge in [-0.2, -0.15) is 5.10 Å². The number of carbonyl (C=O) groups excluding carboxylic acids is 1. The Morgan fingerprint density at radius 3 is 2.70 bits per heavy atom. The number of anilines is 1. The van der Waals surface area contributed by atoms with E-state index in [0.29, 0.717) is 5.92 Å².